The van der Waals surface area contributed by atoms with Crippen LogP contribution in [-0.2, 0) is 13.7 Å². The minimum atomic E-state index is 0.0832. The maximum atomic E-state index is 9.36. The average molecular weight is 209 g/mol. The molecule has 4 nitrogen and oxygen atoms in total. The van der Waals surface area contributed by atoms with Crippen LogP contribution in [-0.4, -0.2) is 28.0 Å². The van der Waals surface area contributed by atoms with E-state index in [9.17, 15) is 5.11 Å². The van der Waals surface area contributed by atoms with Gasteiger partial charge in [-0.1, -0.05) is 6.92 Å². The molecule has 1 N–H and O–H groups in total. The van der Waals surface area contributed by atoms with Gasteiger partial charge in [-0.3, -0.25) is 4.68 Å². The van der Waals surface area contributed by atoms with Gasteiger partial charge in [0.05, 0.1) is 12.3 Å². The second kappa shape index (κ2) is 3.85. The summed E-state index contributed by atoms with van der Waals surface area (Å²) in [6, 6.07) is 0. The van der Waals surface area contributed by atoms with Crippen LogP contribution in [0.15, 0.2) is 0 Å². The monoisotopic (exact) mass is 209 g/mol. The van der Waals surface area contributed by atoms with Gasteiger partial charge in [-0.2, -0.15) is 5.10 Å². The first-order chi connectivity index (χ1) is 7.13. The molecule has 0 radical (unpaired) electrons. The number of anilines is 1. The third kappa shape index (κ3) is 1.74. The molecule has 2 heterocycles. The maximum Gasteiger partial charge on any atom is 0.132 e. The molecule has 1 aliphatic heterocycles. The predicted octanol–water partition coefficient (Wildman–Crippen LogP) is 1.07. The first-order valence-corrected chi connectivity index (χ1v) is 5.51. The molecule has 0 amide bonds. The first kappa shape index (κ1) is 10.5. The summed E-state index contributed by atoms with van der Waals surface area (Å²) in [6.07, 6.45) is 1.23. The Bertz CT molecular complexity index is 359. The highest BCUT2D eigenvalue weighted by Gasteiger charge is 2.24. The summed E-state index contributed by atoms with van der Waals surface area (Å²) in [7, 11) is 1.95. The van der Waals surface area contributed by atoms with E-state index in [1.807, 2.05) is 18.7 Å². The Labute approximate surface area is 90.5 Å². The molecule has 2 rings (SSSR count). The Morgan fingerprint density at radius 2 is 2.27 bits per heavy atom. The quantitative estimate of drug-likeness (QED) is 0.792. The number of aryl methyl sites for hydroxylation is 2. The van der Waals surface area contributed by atoms with E-state index < -0.39 is 0 Å². The summed E-state index contributed by atoms with van der Waals surface area (Å²) in [5.41, 5.74) is 1.92. The summed E-state index contributed by atoms with van der Waals surface area (Å²) in [6.45, 7) is 6.45. The van der Waals surface area contributed by atoms with E-state index >= 15 is 0 Å². The van der Waals surface area contributed by atoms with Crippen molar-refractivity contribution < 1.29 is 5.11 Å². The van der Waals surface area contributed by atoms with Crippen LogP contribution in [0.2, 0.25) is 0 Å². The molecule has 1 fully saturated rings. The zero-order chi connectivity index (χ0) is 11.0. The van der Waals surface area contributed by atoms with Crippen molar-refractivity contribution in [1.29, 1.82) is 0 Å². The second-order valence-corrected chi connectivity index (χ2v) is 4.51. The molecule has 0 bridgehead atoms. The van der Waals surface area contributed by atoms with E-state index in [-0.39, 0.29) is 6.61 Å². The minimum Gasteiger partial charge on any atom is -0.391 e. The van der Waals surface area contributed by atoms with E-state index in [1.54, 1.807) is 0 Å². The molecule has 4 heteroatoms. The number of aliphatic hydroxyl groups excluding tert-OH is 1. The molecule has 1 aromatic heterocycles. The normalized spacial score (nSPS) is 21.3. The summed E-state index contributed by atoms with van der Waals surface area (Å²) < 4.78 is 1.89. The van der Waals surface area contributed by atoms with Crippen molar-refractivity contribution in [2.45, 2.75) is 26.9 Å². The largest absolute Gasteiger partial charge is 0.391 e. The van der Waals surface area contributed by atoms with Gasteiger partial charge < -0.3 is 10.0 Å². The summed E-state index contributed by atoms with van der Waals surface area (Å²) >= 11 is 0. The topological polar surface area (TPSA) is 41.3 Å². The van der Waals surface area contributed by atoms with Crippen molar-refractivity contribution in [3.8, 4) is 0 Å². The Morgan fingerprint density at radius 3 is 2.80 bits per heavy atom. The van der Waals surface area contributed by atoms with Crippen LogP contribution in [0.25, 0.3) is 0 Å². The lowest BCUT2D eigenvalue weighted by Gasteiger charge is -2.19. The van der Waals surface area contributed by atoms with Crippen molar-refractivity contribution in [2.24, 2.45) is 13.0 Å². The second-order valence-electron chi connectivity index (χ2n) is 4.51. The Balaban J connectivity index is 2.34. The lowest BCUT2D eigenvalue weighted by molar-refractivity contribution is 0.281. The Kier molecular flexibility index (Phi) is 2.69. The Morgan fingerprint density at radius 1 is 1.53 bits per heavy atom. The third-order valence-electron chi connectivity index (χ3n) is 3.19. The zero-order valence-electron chi connectivity index (χ0n) is 9.69. The standard InChI is InChI=1S/C11H19N3O/c1-8-4-5-14(6-8)11-10(7-15)9(2)12-13(11)3/h8,15H,4-7H2,1-3H3. The van der Waals surface area contributed by atoms with Crippen LogP contribution in [0.3, 0.4) is 0 Å². The fraction of sp³-hybridized carbons (Fsp3) is 0.727. The third-order valence-corrected chi connectivity index (χ3v) is 3.19. The first-order valence-electron chi connectivity index (χ1n) is 5.51. The van der Waals surface area contributed by atoms with Gasteiger partial charge in [0.15, 0.2) is 0 Å². The number of hydrogen-bond acceptors (Lipinski definition) is 3. The van der Waals surface area contributed by atoms with E-state index in [0.29, 0.717) is 0 Å². The van der Waals surface area contributed by atoms with Crippen molar-refractivity contribution in [3.05, 3.63) is 11.3 Å². The lowest BCUT2D eigenvalue weighted by Crippen LogP contribution is -2.23. The van der Waals surface area contributed by atoms with Crippen LogP contribution >= 0.6 is 0 Å². The molecule has 0 aromatic carbocycles. The highest BCUT2D eigenvalue weighted by Crippen LogP contribution is 2.28. The number of hydrogen-bond donors (Lipinski definition) is 1. The van der Waals surface area contributed by atoms with E-state index in [0.717, 1.165) is 36.1 Å². The average Bonchev–Trinajstić information content (AvgIpc) is 2.70. The SMILES string of the molecule is Cc1nn(C)c(N2CCC(C)C2)c1CO. The predicted molar refractivity (Wildman–Crippen MR) is 59.9 cm³/mol. The van der Waals surface area contributed by atoms with Gasteiger partial charge in [0, 0.05) is 25.7 Å². The highest BCUT2D eigenvalue weighted by molar-refractivity contribution is 5.50. The summed E-state index contributed by atoms with van der Waals surface area (Å²) in [5, 5.41) is 13.7. The van der Waals surface area contributed by atoms with Crippen LogP contribution < -0.4 is 4.90 Å². The summed E-state index contributed by atoms with van der Waals surface area (Å²) in [4.78, 5) is 2.33. The maximum absolute atomic E-state index is 9.36. The smallest absolute Gasteiger partial charge is 0.132 e. The number of nitrogens with zero attached hydrogens (tertiary/aromatic N) is 3. The molecular weight excluding hydrogens is 190 g/mol. The van der Waals surface area contributed by atoms with Gasteiger partial charge in [0.2, 0.25) is 0 Å². The van der Waals surface area contributed by atoms with Crippen LogP contribution in [0.1, 0.15) is 24.6 Å². The fourth-order valence-electron chi connectivity index (χ4n) is 2.40. The number of aliphatic hydroxyl groups is 1. The van der Waals surface area contributed by atoms with Gasteiger partial charge in [0.25, 0.3) is 0 Å². The molecule has 1 aromatic rings. The van der Waals surface area contributed by atoms with Gasteiger partial charge in [-0.25, -0.2) is 0 Å². The van der Waals surface area contributed by atoms with Crippen molar-refractivity contribution >= 4 is 5.82 Å². The minimum absolute atomic E-state index is 0.0832. The van der Waals surface area contributed by atoms with Crippen LogP contribution in [0, 0.1) is 12.8 Å². The van der Waals surface area contributed by atoms with Crippen molar-refractivity contribution in [3.63, 3.8) is 0 Å². The molecular formula is C11H19N3O. The Hall–Kier alpha value is -1.03. The summed E-state index contributed by atoms with van der Waals surface area (Å²) in [5.74, 6) is 1.84. The highest BCUT2D eigenvalue weighted by atomic mass is 16.3. The zero-order valence-corrected chi connectivity index (χ0v) is 9.69. The molecule has 15 heavy (non-hydrogen) atoms. The van der Waals surface area contributed by atoms with Crippen molar-refractivity contribution in [1.82, 2.24) is 9.78 Å². The van der Waals surface area contributed by atoms with Gasteiger partial charge in [-0.15, -0.1) is 0 Å². The molecule has 1 saturated heterocycles. The molecule has 1 aliphatic rings. The van der Waals surface area contributed by atoms with E-state index in [4.69, 9.17) is 0 Å². The van der Waals surface area contributed by atoms with Gasteiger partial charge in [0.1, 0.15) is 5.82 Å². The van der Waals surface area contributed by atoms with Crippen LogP contribution in [0.4, 0.5) is 5.82 Å². The van der Waals surface area contributed by atoms with Crippen LogP contribution in [0.5, 0.6) is 0 Å². The molecule has 1 unspecified atom stereocenters. The molecule has 1 atom stereocenters. The van der Waals surface area contributed by atoms with Crippen molar-refractivity contribution in [2.75, 3.05) is 18.0 Å². The van der Waals surface area contributed by atoms with E-state index in [2.05, 4.69) is 16.9 Å². The van der Waals surface area contributed by atoms with Gasteiger partial charge in [-0.05, 0) is 19.3 Å². The molecule has 0 spiro atoms. The molecule has 0 aliphatic carbocycles. The lowest BCUT2D eigenvalue weighted by atomic mass is 10.2. The number of rotatable bonds is 2. The van der Waals surface area contributed by atoms with E-state index in [1.165, 1.54) is 6.42 Å². The molecule has 0 saturated carbocycles. The van der Waals surface area contributed by atoms with Gasteiger partial charge >= 0.3 is 0 Å². The fourth-order valence-corrected chi connectivity index (χ4v) is 2.40. The molecule has 84 valence electrons. The number of aromatic nitrogens is 2.